The van der Waals surface area contributed by atoms with Crippen molar-refractivity contribution >= 4 is 29.0 Å². The first-order valence-corrected chi connectivity index (χ1v) is 12.8. The van der Waals surface area contributed by atoms with Crippen LogP contribution < -0.4 is 14.7 Å². The lowest BCUT2D eigenvalue weighted by atomic mass is 9.94. The van der Waals surface area contributed by atoms with Crippen molar-refractivity contribution in [1.29, 1.82) is 0 Å². The van der Waals surface area contributed by atoms with E-state index < -0.39 is 6.04 Å². The van der Waals surface area contributed by atoms with Crippen molar-refractivity contribution in [2.75, 3.05) is 27.8 Å². The van der Waals surface area contributed by atoms with Crippen LogP contribution in [-0.4, -0.2) is 41.1 Å². The molecule has 1 aliphatic carbocycles. The second-order valence-electron chi connectivity index (χ2n) is 9.81. The molecular weight excluding hydrogens is 438 g/mol. The number of fused-ring (bicyclic) bond motifs is 2. The molecule has 0 spiro atoms. The van der Waals surface area contributed by atoms with Gasteiger partial charge in [-0.3, -0.25) is 19.6 Å². The number of nitrogens with one attached hydrogen (secondary N) is 1. The molecule has 3 aliphatic rings. The quantitative estimate of drug-likeness (QED) is 0.592. The maximum absolute atomic E-state index is 14.1. The fourth-order valence-electron chi connectivity index (χ4n) is 6.09. The van der Waals surface area contributed by atoms with Gasteiger partial charge in [-0.15, -0.1) is 0 Å². The molecule has 3 heterocycles. The number of amides is 2. The lowest BCUT2D eigenvalue weighted by molar-refractivity contribution is -0.124. The lowest BCUT2D eigenvalue weighted by Gasteiger charge is -2.35. The van der Waals surface area contributed by atoms with Gasteiger partial charge < -0.3 is 9.80 Å². The predicted molar refractivity (Wildman–Crippen MR) is 137 cm³/mol. The molecule has 1 saturated carbocycles. The number of aromatic nitrogens is 2. The van der Waals surface area contributed by atoms with Crippen molar-refractivity contribution in [3.8, 4) is 0 Å². The molecule has 3 aromatic rings. The first-order chi connectivity index (χ1) is 17.2. The van der Waals surface area contributed by atoms with Crippen molar-refractivity contribution in [2.24, 2.45) is 0 Å². The minimum absolute atomic E-state index is 0.0199. The molecule has 35 heavy (non-hydrogen) atoms. The molecule has 0 bridgehead atoms. The molecule has 7 heteroatoms. The van der Waals surface area contributed by atoms with Gasteiger partial charge in [-0.25, -0.2) is 0 Å². The molecule has 180 valence electrons. The first kappa shape index (κ1) is 21.9. The lowest BCUT2D eigenvalue weighted by Crippen LogP contribution is -2.48. The van der Waals surface area contributed by atoms with Gasteiger partial charge in [0.25, 0.3) is 5.91 Å². The molecular formula is C28H31N5O2. The van der Waals surface area contributed by atoms with E-state index >= 15 is 0 Å². The normalized spacial score (nSPS) is 20.0. The summed E-state index contributed by atoms with van der Waals surface area (Å²) in [6.07, 6.45) is 9.24. The summed E-state index contributed by atoms with van der Waals surface area (Å²) in [5.41, 5.74) is 4.20. The zero-order valence-electron chi connectivity index (χ0n) is 19.9. The van der Waals surface area contributed by atoms with Crippen molar-refractivity contribution < 1.29 is 9.59 Å². The third kappa shape index (κ3) is 3.89. The Bertz CT molecular complexity index is 1220. The molecule has 2 aliphatic heterocycles. The van der Waals surface area contributed by atoms with Crippen molar-refractivity contribution in [3.63, 3.8) is 0 Å². The summed E-state index contributed by atoms with van der Waals surface area (Å²) in [6, 6.07) is 17.5. The van der Waals surface area contributed by atoms with Gasteiger partial charge >= 0.3 is 0 Å². The van der Waals surface area contributed by atoms with E-state index in [9.17, 15) is 9.59 Å². The summed E-state index contributed by atoms with van der Waals surface area (Å²) >= 11 is 0. The second kappa shape index (κ2) is 9.21. The molecule has 1 unspecified atom stereocenters. The maximum Gasteiger partial charge on any atom is 0.255 e. The Balaban J connectivity index is 1.36. The first-order valence-electron chi connectivity index (χ1n) is 12.8. The Morgan fingerprint density at radius 1 is 0.971 bits per heavy atom. The van der Waals surface area contributed by atoms with Gasteiger partial charge in [-0.1, -0.05) is 55.7 Å². The van der Waals surface area contributed by atoms with Crippen molar-refractivity contribution in [2.45, 2.75) is 57.0 Å². The van der Waals surface area contributed by atoms with Crippen LogP contribution in [0.4, 0.5) is 17.2 Å². The van der Waals surface area contributed by atoms with Crippen LogP contribution in [0.5, 0.6) is 0 Å². The van der Waals surface area contributed by atoms with E-state index in [2.05, 4.69) is 27.2 Å². The number of carbonyl (C=O) groups excluding carboxylic acids is 2. The number of nitrogens with zero attached hydrogens (tertiary/aromatic N) is 4. The fraction of sp³-hybridized carbons (Fsp3) is 0.393. The largest absolute Gasteiger partial charge is 0.362 e. The summed E-state index contributed by atoms with van der Waals surface area (Å²) in [4.78, 5) is 33.8. The zero-order valence-corrected chi connectivity index (χ0v) is 19.9. The molecule has 2 amide bonds. The SMILES string of the molecule is O=C1C(N(C(=O)CN2CCCc3ccccc32)c2cc[nH]n2)c2ccccc2N1C1CCCCC1. The minimum atomic E-state index is -0.705. The zero-order chi connectivity index (χ0) is 23.8. The van der Waals surface area contributed by atoms with Gasteiger partial charge in [-0.2, -0.15) is 5.10 Å². The van der Waals surface area contributed by atoms with Crippen LogP contribution in [-0.2, 0) is 16.0 Å². The van der Waals surface area contributed by atoms with Crippen molar-refractivity contribution in [1.82, 2.24) is 10.2 Å². The van der Waals surface area contributed by atoms with E-state index in [-0.39, 0.29) is 24.4 Å². The predicted octanol–water partition coefficient (Wildman–Crippen LogP) is 4.62. The Hall–Kier alpha value is -3.61. The van der Waals surface area contributed by atoms with Gasteiger partial charge in [0, 0.05) is 41.8 Å². The van der Waals surface area contributed by atoms with Crippen LogP contribution in [0, 0.1) is 0 Å². The number of benzene rings is 2. The topological polar surface area (TPSA) is 72.5 Å². The number of H-pyrrole nitrogens is 1. The fourth-order valence-corrected chi connectivity index (χ4v) is 6.09. The highest BCUT2D eigenvalue weighted by Crippen LogP contribution is 2.44. The van der Waals surface area contributed by atoms with Crippen LogP contribution in [0.25, 0.3) is 0 Å². The highest BCUT2D eigenvalue weighted by atomic mass is 16.2. The van der Waals surface area contributed by atoms with Crippen LogP contribution >= 0.6 is 0 Å². The average molecular weight is 470 g/mol. The molecule has 1 N–H and O–H groups in total. The standard InChI is InChI=1S/C28H31N5O2/c34-26(19-31-18-8-10-20-9-4-6-14-23(20)31)33(25-16-17-29-30-25)27-22-13-5-7-15-24(22)32(28(27)35)21-11-2-1-3-12-21/h4-7,9,13-17,21,27H,1-3,8,10-12,18-19H2,(H,29,30). The Labute approximate surface area is 205 Å². The van der Waals surface area contributed by atoms with Crippen LogP contribution in [0.1, 0.15) is 55.7 Å². The van der Waals surface area contributed by atoms with E-state index in [0.717, 1.165) is 62.0 Å². The highest BCUT2D eigenvalue weighted by molar-refractivity contribution is 6.12. The van der Waals surface area contributed by atoms with Crippen LogP contribution in [0.3, 0.4) is 0 Å². The number of anilines is 3. The van der Waals surface area contributed by atoms with E-state index in [1.165, 1.54) is 12.0 Å². The summed E-state index contributed by atoms with van der Waals surface area (Å²) in [6.45, 7) is 1.03. The number of hydrogen-bond acceptors (Lipinski definition) is 4. The molecule has 1 fully saturated rings. The Morgan fingerprint density at radius 3 is 2.54 bits per heavy atom. The number of rotatable bonds is 5. The Kier molecular flexibility index (Phi) is 5.76. The summed E-state index contributed by atoms with van der Waals surface area (Å²) in [5.74, 6) is 0.347. The maximum atomic E-state index is 14.1. The van der Waals surface area contributed by atoms with E-state index in [1.54, 1.807) is 17.2 Å². The molecule has 1 atom stereocenters. The molecule has 0 saturated heterocycles. The molecule has 1 aromatic heterocycles. The third-order valence-corrected chi connectivity index (χ3v) is 7.69. The van der Waals surface area contributed by atoms with E-state index in [4.69, 9.17) is 0 Å². The summed E-state index contributed by atoms with van der Waals surface area (Å²) in [5, 5.41) is 7.19. The second-order valence-corrected chi connectivity index (χ2v) is 9.81. The number of para-hydroxylation sites is 2. The van der Waals surface area contributed by atoms with Crippen LogP contribution in [0.2, 0.25) is 0 Å². The van der Waals surface area contributed by atoms with E-state index in [1.807, 2.05) is 41.3 Å². The van der Waals surface area contributed by atoms with Gasteiger partial charge in [0.05, 0.1) is 6.54 Å². The van der Waals surface area contributed by atoms with Gasteiger partial charge in [0.1, 0.15) is 6.04 Å². The van der Waals surface area contributed by atoms with Gasteiger partial charge in [-0.05, 0) is 43.4 Å². The number of aryl methyl sites for hydroxylation is 1. The molecule has 2 aromatic carbocycles. The van der Waals surface area contributed by atoms with Crippen molar-refractivity contribution in [3.05, 3.63) is 71.9 Å². The number of carbonyl (C=O) groups is 2. The van der Waals surface area contributed by atoms with Crippen LogP contribution in [0.15, 0.2) is 60.8 Å². The van der Waals surface area contributed by atoms with E-state index in [0.29, 0.717) is 5.82 Å². The summed E-state index contributed by atoms with van der Waals surface area (Å²) < 4.78 is 0. The molecule has 0 radical (unpaired) electrons. The number of aromatic amines is 1. The highest BCUT2D eigenvalue weighted by Gasteiger charge is 2.46. The molecule has 6 rings (SSSR count). The smallest absolute Gasteiger partial charge is 0.255 e. The minimum Gasteiger partial charge on any atom is -0.362 e. The average Bonchev–Trinajstić information content (AvgIpc) is 3.52. The monoisotopic (exact) mass is 469 g/mol. The number of hydrogen-bond donors (Lipinski definition) is 1. The Morgan fingerprint density at radius 2 is 1.74 bits per heavy atom. The third-order valence-electron chi connectivity index (χ3n) is 7.69. The summed E-state index contributed by atoms with van der Waals surface area (Å²) in [7, 11) is 0. The molecule has 7 nitrogen and oxygen atoms in total. The van der Waals surface area contributed by atoms with Gasteiger partial charge in [0.2, 0.25) is 5.91 Å². The van der Waals surface area contributed by atoms with Gasteiger partial charge in [0.15, 0.2) is 5.82 Å².